The van der Waals surface area contributed by atoms with Crippen LogP contribution in [-0.4, -0.2) is 32.8 Å². The number of anilines is 1. The second kappa shape index (κ2) is 5.24. The van der Waals surface area contributed by atoms with Crippen molar-refractivity contribution in [3.63, 3.8) is 0 Å². The Morgan fingerprint density at radius 3 is 2.78 bits per heavy atom. The summed E-state index contributed by atoms with van der Waals surface area (Å²) in [6.45, 7) is 4.28. The zero-order valence-corrected chi connectivity index (χ0v) is 10.5. The van der Waals surface area contributed by atoms with Gasteiger partial charge in [0, 0.05) is 26.2 Å². The number of benzene rings is 1. The number of halogens is 1. The van der Waals surface area contributed by atoms with Gasteiger partial charge in [0.15, 0.2) is 0 Å². The van der Waals surface area contributed by atoms with Crippen LogP contribution in [0.4, 0.5) is 10.1 Å². The summed E-state index contributed by atoms with van der Waals surface area (Å²) in [6, 6.07) is 5.52. The fourth-order valence-electron chi connectivity index (χ4n) is 2.72. The summed E-state index contributed by atoms with van der Waals surface area (Å²) in [5.74, 6) is -0.122. The quantitative estimate of drug-likeness (QED) is 0.870. The van der Waals surface area contributed by atoms with Crippen molar-refractivity contribution in [1.82, 2.24) is 5.32 Å². The predicted octanol–water partition coefficient (Wildman–Crippen LogP) is 2.09. The number of nitrogens with zero attached hydrogens (tertiary/aromatic N) is 1. The fourth-order valence-corrected chi connectivity index (χ4v) is 2.72. The molecule has 0 aliphatic carbocycles. The van der Waals surface area contributed by atoms with Crippen LogP contribution in [0.2, 0.25) is 0 Å². The third-order valence-corrected chi connectivity index (χ3v) is 3.72. The van der Waals surface area contributed by atoms with Crippen molar-refractivity contribution >= 4 is 5.69 Å². The van der Waals surface area contributed by atoms with Gasteiger partial charge in [0.05, 0.1) is 18.4 Å². The van der Waals surface area contributed by atoms with Gasteiger partial charge < -0.3 is 15.0 Å². The number of nitrogens with one attached hydrogen (secondary N) is 1. The molecule has 1 atom stereocenters. The van der Waals surface area contributed by atoms with Crippen molar-refractivity contribution in [2.24, 2.45) is 0 Å². The van der Waals surface area contributed by atoms with Gasteiger partial charge in [-0.15, -0.1) is 0 Å². The van der Waals surface area contributed by atoms with Crippen molar-refractivity contribution < 1.29 is 9.13 Å². The van der Waals surface area contributed by atoms with Gasteiger partial charge in [-0.05, 0) is 30.5 Å². The Morgan fingerprint density at radius 1 is 1.28 bits per heavy atom. The van der Waals surface area contributed by atoms with E-state index in [9.17, 15) is 4.39 Å². The fraction of sp³-hybridized carbons (Fsp3) is 0.571. The van der Waals surface area contributed by atoms with Crippen molar-refractivity contribution in [1.29, 1.82) is 0 Å². The molecule has 2 aliphatic rings. The maximum absolute atomic E-state index is 14.1. The highest BCUT2D eigenvalue weighted by Gasteiger charge is 2.20. The van der Waals surface area contributed by atoms with Gasteiger partial charge in [-0.25, -0.2) is 4.39 Å². The molecule has 4 heteroatoms. The third kappa shape index (κ3) is 2.35. The van der Waals surface area contributed by atoms with Crippen molar-refractivity contribution in [2.75, 3.05) is 37.7 Å². The van der Waals surface area contributed by atoms with Crippen LogP contribution in [0.1, 0.15) is 24.5 Å². The summed E-state index contributed by atoms with van der Waals surface area (Å²) in [4.78, 5) is 2.12. The minimum atomic E-state index is -0.122. The van der Waals surface area contributed by atoms with Crippen LogP contribution in [0, 0.1) is 5.82 Å². The normalized spacial score (nSPS) is 24.5. The number of hydrogen-bond acceptors (Lipinski definition) is 3. The van der Waals surface area contributed by atoms with E-state index in [0.717, 1.165) is 50.3 Å². The lowest BCUT2D eigenvalue weighted by Crippen LogP contribution is -2.33. The van der Waals surface area contributed by atoms with E-state index in [-0.39, 0.29) is 11.9 Å². The summed E-state index contributed by atoms with van der Waals surface area (Å²) in [7, 11) is 0. The molecular formula is C14H19FN2O. The molecule has 0 aromatic heterocycles. The average molecular weight is 250 g/mol. The van der Waals surface area contributed by atoms with Gasteiger partial charge in [0.2, 0.25) is 0 Å². The first-order valence-corrected chi connectivity index (χ1v) is 6.71. The largest absolute Gasteiger partial charge is 0.371 e. The van der Waals surface area contributed by atoms with E-state index in [1.165, 1.54) is 0 Å². The van der Waals surface area contributed by atoms with Crippen LogP contribution < -0.4 is 10.2 Å². The molecule has 1 unspecified atom stereocenters. The molecule has 1 N–H and O–H groups in total. The number of rotatable bonds is 2. The maximum Gasteiger partial charge on any atom is 0.146 e. The molecule has 2 heterocycles. The Kier molecular flexibility index (Phi) is 3.48. The van der Waals surface area contributed by atoms with Crippen LogP contribution in [0.5, 0.6) is 0 Å². The highest BCUT2D eigenvalue weighted by molar-refractivity contribution is 5.50. The van der Waals surface area contributed by atoms with Crippen molar-refractivity contribution in [3.8, 4) is 0 Å². The lowest BCUT2D eigenvalue weighted by atomic mass is 10.1. The number of morpholine rings is 1. The van der Waals surface area contributed by atoms with E-state index in [1.807, 2.05) is 12.1 Å². The molecule has 1 aromatic rings. The molecule has 2 aliphatic heterocycles. The molecule has 1 aromatic carbocycles. The second-order valence-corrected chi connectivity index (χ2v) is 4.97. The molecule has 98 valence electrons. The SMILES string of the molecule is Fc1cc(C2CNCCO2)ccc1N1CCCC1. The van der Waals surface area contributed by atoms with Gasteiger partial charge in [-0.3, -0.25) is 0 Å². The van der Waals surface area contributed by atoms with E-state index in [1.54, 1.807) is 6.07 Å². The average Bonchev–Trinajstić information content (AvgIpc) is 2.93. The first-order chi connectivity index (χ1) is 8.84. The molecule has 0 amide bonds. The third-order valence-electron chi connectivity index (χ3n) is 3.72. The molecule has 0 saturated carbocycles. The van der Waals surface area contributed by atoms with E-state index >= 15 is 0 Å². The molecule has 3 nitrogen and oxygen atoms in total. The van der Waals surface area contributed by atoms with E-state index in [2.05, 4.69) is 10.2 Å². The molecule has 0 radical (unpaired) electrons. The van der Waals surface area contributed by atoms with Crippen LogP contribution in [0.15, 0.2) is 18.2 Å². The summed E-state index contributed by atoms with van der Waals surface area (Å²) in [5.41, 5.74) is 1.67. The molecule has 2 saturated heterocycles. The molecule has 3 rings (SSSR count). The summed E-state index contributed by atoms with van der Waals surface area (Å²) in [6.07, 6.45) is 2.31. The molecule has 18 heavy (non-hydrogen) atoms. The summed E-state index contributed by atoms with van der Waals surface area (Å²) >= 11 is 0. The van der Waals surface area contributed by atoms with Crippen molar-refractivity contribution in [3.05, 3.63) is 29.6 Å². The summed E-state index contributed by atoms with van der Waals surface area (Å²) < 4.78 is 19.8. The Hall–Kier alpha value is -1.13. The van der Waals surface area contributed by atoms with E-state index < -0.39 is 0 Å². The van der Waals surface area contributed by atoms with E-state index in [4.69, 9.17) is 4.74 Å². The highest BCUT2D eigenvalue weighted by atomic mass is 19.1. The Bertz CT molecular complexity index is 412. The standard InChI is InChI=1S/C14H19FN2O/c15-12-9-11(14-10-16-5-8-18-14)3-4-13(12)17-6-1-2-7-17/h3-4,9,14,16H,1-2,5-8,10H2. The first kappa shape index (κ1) is 11.9. The zero-order valence-electron chi connectivity index (χ0n) is 10.5. The van der Waals surface area contributed by atoms with Crippen LogP contribution in [-0.2, 0) is 4.74 Å². The molecule has 0 bridgehead atoms. The van der Waals surface area contributed by atoms with Crippen LogP contribution >= 0.6 is 0 Å². The first-order valence-electron chi connectivity index (χ1n) is 6.71. The zero-order chi connectivity index (χ0) is 12.4. The number of ether oxygens (including phenoxy) is 1. The lowest BCUT2D eigenvalue weighted by Gasteiger charge is -2.25. The van der Waals surface area contributed by atoms with Gasteiger partial charge >= 0.3 is 0 Å². The molecular weight excluding hydrogens is 231 g/mol. The topological polar surface area (TPSA) is 24.5 Å². The second-order valence-electron chi connectivity index (χ2n) is 4.97. The molecule has 0 spiro atoms. The van der Waals surface area contributed by atoms with Gasteiger partial charge in [0.25, 0.3) is 0 Å². The number of hydrogen-bond donors (Lipinski definition) is 1. The highest BCUT2D eigenvalue weighted by Crippen LogP contribution is 2.27. The van der Waals surface area contributed by atoms with Gasteiger partial charge in [0.1, 0.15) is 5.82 Å². The Morgan fingerprint density at radius 2 is 2.11 bits per heavy atom. The minimum Gasteiger partial charge on any atom is -0.371 e. The summed E-state index contributed by atoms with van der Waals surface area (Å²) in [5, 5.41) is 3.26. The van der Waals surface area contributed by atoms with Crippen LogP contribution in [0.3, 0.4) is 0 Å². The van der Waals surface area contributed by atoms with Gasteiger partial charge in [-0.2, -0.15) is 0 Å². The van der Waals surface area contributed by atoms with Gasteiger partial charge in [-0.1, -0.05) is 6.07 Å². The minimum absolute atomic E-state index is 0.0131. The monoisotopic (exact) mass is 250 g/mol. The predicted molar refractivity (Wildman–Crippen MR) is 69.4 cm³/mol. The smallest absolute Gasteiger partial charge is 0.146 e. The Balaban J connectivity index is 1.79. The van der Waals surface area contributed by atoms with E-state index in [0.29, 0.717) is 6.61 Å². The lowest BCUT2D eigenvalue weighted by molar-refractivity contribution is 0.0275. The van der Waals surface area contributed by atoms with Crippen molar-refractivity contribution in [2.45, 2.75) is 18.9 Å². The maximum atomic E-state index is 14.1. The van der Waals surface area contributed by atoms with Crippen LogP contribution in [0.25, 0.3) is 0 Å². The molecule has 2 fully saturated rings. The Labute approximate surface area is 107 Å².